The van der Waals surface area contributed by atoms with Crippen molar-refractivity contribution >= 4 is 11.5 Å². The number of rotatable bonds is 4. The van der Waals surface area contributed by atoms with E-state index in [4.69, 9.17) is 4.74 Å². The van der Waals surface area contributed by atoms with Gasteiger partial charge in [-0.25, -0.2) is 0 Å². The molecule has 1 fully saturated rings. The third-order valence-corrected chi connectivity index (χ3v) is 3.74. The Hall–Kier alpha value is -1.91. The van der Waals surface area contributed by atoms with Crippen LogP contribution in [0.4, 0.5) is 5.69 Å². The maximum Gasteiger partial charge on any atom is 0.270 e. The monoisotopic (exact) mass is 277 g/mol. The number of ether oxygens (including phenoxy) is 1. The minimum absolute atomic E-state index is 0.0837. The fourth-order valence-corrected chi connectivity index (χ4v) is 2.67. The fourth-order valence-electron chi connectivity index (χ4n) is 2.67. The Morgan fingerprint density at radius 1 is 1.40 bits per heavy atom. The summed E-state index contributed by atoms with van der Waals surface area (Å²) in [6.45, 7) is 3.59. The lowest BCUT2D eigenvalue weighted by molar-refractivity contribution is -0.384. The molecule has 5 heteroatoms. The molecule has 20 heavy (non-hydrogen) atoms. The number of carbonyl (C=O) groups is 1. The third-order valence-electron chi connectivity index (χ3n) is 3.74. The molecule has 0 heterocycles. The number of hydrogen-bond donors (Lipinski definition) is 0. The minimum atomic E-state index is -0.501. The zero-order valence-electron chi connectivity index (χ0n) is 11.8. The molecule has 0 spiro atoms. The highest BCUT2D eigenvalue weighted by Crippen LogP contribution is 2.31. The van der Waals surface area contributed by atoms with Gasteiger partial charge >= 0.3 is 0 Å². The number of nitrogens with zero attached hydrogens (tertiary/aromatic N) is 1. The number of ketones is 1. The van der Waals surface area contributed by atoms with Gasteiger partial charge in [0.2, 0.25) is 0 Å². The smallest absolute Gasteiger partial charge is 0.270 e. The van der Waals surface area contributed by atoms with Crippen LogP contribution < -0.4 is 4.74 Å². The van der Waals surface area contributed by atoms with Crippen molar-refractivity contribution in [2.45, 2.75) is 45.6 Å². The summed E-state index contributed by atoms with van der Waals surface area (Å²) < 4.78 is 5.91. The van der Waals surface area contributed by atoms with Crippen LogP contribution in [0.5, 0.6) is 5.75 Å². The molecule has 0 N–H and O–H groups in total. The molecule has 2 rings (SSSR count). The van der Waals surface area contributed by atoms with E-state index in [1.807, 2.05) is 0 Å². The van der Waals surface area contributed by atoms with E-state index >= 15 is 0 Å². The average molecular weight is 277 g/mol. The quantitative estimate of drug-likeness (QED) is 0.477. The van der Waals surface area contributed by atoms with Crippen LogP contribution in [0.25, 0.3) is 0 Å². The molecule has 0 aliphatic heterocycles. The van der Waals surface area contributed by atoms with Gasteiger partial charge in [0.1, 0.15) is 5.75 Å². The lowest BCUT2D eigenvalue weighted by Crippen LogP contribution is -2.24. The molecule has 2 unspecified atom stereocenters. The van der Waals surface area contributed by atoms with E-state index < -0.39 is 4.92 Å². The van der Waals surface area contributed by atoms with Crippen LogP contribution in [0.3, 0.4) is 0 Å². The molecule has 1 saturated carbocycles. The lowest BCUT2D eigenvalue weighted by atomic mass is 9.88. The SMILES string of the molecule is CC(=O)c1cc([N+](=O)[O-])ccc1OC1CCCC(C)C1. The molecule has 108 valence electrons. The molecular formula is C15H19NO4. The van der Waals surface area contributed by atoms with Crippen LogP contribution in [0.1, 0.15) is 49.9 Å². The first-order valence-electron chi connectivity index (χ1n) is 6.93. The van der Waals surface area contributed by atoms with Crippen molar-refractivity contribution in [2.24, 2.45) is 5.92 Å². The van der Waals surface area contributed by atoms with Gasteiger partial charge in [0.15, 0.2) is 5.78 Å². The normalized spacial score (nSPS) is 22.3. The van der Waals surface area contributed by atoms with Crippen molar-refractivity contribution in [3.63, 3.8) is 0 Å². The largest absolute Gasteiger partial charge is 0.490 e. The standard InChI is InChI=1S/C15H19NO4/c1-10-4-3-5-13(8-10)20-15-7-6-12(16(18)19)9-14(15)11(2)17/h6-7,9-10,13H,3-5,8H2,1-2H3. The summed E-state index contributed by atoms with van der Waals surface area (Å²) in [6.07, 6.45) is 4.36. The van der Waals surface area contributed by atoms with Gasteiger partial charge in [0.25, 0.3) is 5.69 Å². The number of nitro groups is 1. The Kier molecular flexibility index (Phi) is 4.37. The molecule has 0 radical (unpaired) electrons. The van der Waals surface area contributed by atoms with Gasteiger partial charge in [-0.05, 0) is 38.2 Å². The number of hydrogen-bond acceptors (Lipinski definition) is 4. The van der Waals surface area contributed by atoms with E-state index in [0.717, 1.165) is 19.3 Å². The molecule has 1 aliphatic carbocycles. The second-order valence-corrected chi connectivity index (χ2v) is 5.51. The first kappa shape index (κ1) is 14.5. The second kappa shape index (κ2) is 6.03. The van der Waals surface area contributed by atoms with E-state index in [1.54, 1.807) is 0 Å². The van der Waals surface area contributed by atoms with Gasteiger partial charge in [0.05, 0.1) is 16.6 Å². The predicted octanol–water partition coefficient (Wildman–Crippen LogP) is 3.75. The Labute approximate surface area is 118 Å². The summed E-state index contributed by atoms with van der Waals surface area (Å²) in [5.74, 6) is 0.863. The first-order chi connectivity index (χ1) is 9.47. The molecule has 1 aromatic rings. The zero-order chi connectivity index (χ0) is 14.7. The van der Waals surface area contributed by atoms with Gasteiger partial charge in [-0.3, -0.25) is 14.9 Å². The van der Waals surface area contributed by atoms with Gasteiger partial charge < -0.3 is 4.74 Å². The van der Waals surface area contributed by atoms with Crippen LogP contribution in [0, 0.1) is 16.0 Å². The van der Waals surface area contributed by atoms with Crippen LogP contribution >= 0.6 is 0 Å². The van der Waals surface area contributed by atoms with Gasteiger partial charge in [-0.2, -0.15) is 0 Å². The van der Waals surface area contributed by atoms with Crippen molar-refractivity contribution in [2.75, 3.05) is 0 Å². The molecule has 1 aromatic carbocycles. The fraction of sp³-hybridized carbons (Fsp3) is 0.533. The lowest BCUT2D eigenvalue weighted by Gasteiger charge is -2.28. The molecular weight excluding hydrogens is 258 g/mol. The number of non-ortho nitro benzene ring substituents is 1. The Bertz CT molecular complexity index is 527. The van der Waals surface area contributed by atoms with Gasteiger partial charge in [0, 0.05) is 12.1 Å². The van der Waals surface area contributed by atoms with E-state index in [1.165, 1.54) is 31.5 Å². The van der Waals surface area contributed by atoms with E-state index in [9.17, 15) is 14.9 Å². The molecule has 0 aromatic heterocycles. The first-order valence-corrected chi connectivity index (χ1v) is 6.93. The highest BCUT2D eigenvalue weighted by molar-refractivity contribution is 5.97. The predicted molar refractivity (Wildman–Crippen MR) is 75.1 cm³/mol. The molecule has 0 saturated heterocycles. The second-order valence-electron chi connectivity index (χ2n) is 5.51. The van der Waals surface area contributed by atoms with Crippen LogP contribution in [0.2, 0.25) is 0 Å². The highest BCUT2D eigenvalue weighted by Gasteiger charge is 2.23. The summed E-state index contributed by atoms with van der Waals surface area (Å²) in [5, 5.41) is 10.8. The maximum absolute atomic E-state index is 11.6. The summed E-state index contributed by atoms with van der Waals surface area (Å²) in [6, 6.07) is 4.21. The summed E-state index contributed by atoms with van der Waals surface area (Å²) in [5.41, 5.74) is 0.206. The summed E-state index contributed by atoms with van der Waals surface area (Å²) in [4.78, 5) is 21.9. The number of carbonyl (C=O) groups excluding carboxylic acids is 1. The number of nitro benzene ring substituents is 1. The average Bonchev–Trinajstić information content (AvgIpc) is 2.38. The van der Waals surface area contributed by atoms with Crippen molar-refractivity contribution in [1.82, 2.24) is 0 Å². The zero-order valence-corrected chi connectivity index (χ0v) is 11.8. The summed E-state index contributed by atoms with van der Waals surface area (Å²) >= 11 is 0. The Balaban J connectivity index is 2.22. The van der Waals surface area contributed by atoms with Crippen LogP contribution in [0.15, 0.2) is 18.2 Å². The maximum atomic E-state index is 11.6. The van der Waals surface area contributed by atoms with Gasteiger partial charge in [-0.1, -0.05) is 13.3 Å². The third kappa shape index (κ3) is 3.35. The molecule has 0 amide bonds. The van der Waals surface area contributed by atoms with E-state index in [2.05, 4.69) is 6.92 Å². The van der Waals surface area contributed by atoms with E-state index in [0.29, 0.717) is 11.7 Å². The van der Waals surface area contributed by atoms with Crippen molar-refractivity contribution < 1.29 is 14.5 Å². The highest BCUT2D eigenvalue weighted by atomic mass is 16.6. The molecule has 2 atom stereocenters. The van der Waals surface area contributed by atoms with Crippen molar-refractivity contribution in [3.8, 4) is 5.75 Å². The molecule has 1 aliphatic rings. The Morgan fingerprint density at radius 3 is 2.75 bits per heavy atom. The topological polar surface area (TPSA) is 69.4 Å². The Morgan fingerprint density at radius 2 is 2.15 bits per heavy atom. The van der Waals surface area contributed by atoms with Crippen LogP contribution in [-0.4, -0.2) is 16.8 Å². The van der Waals surface area contributed by atoms with Crippen molar-refractivity contribution in [3.05, 3.63) is 33.9 Å². The number of benzene rings is 1. The molecule has 0 bridgehead atoms. The summed E-state index contributed by atoms with van der Waals surface area (Å²) in [7, 11) is 0. The minimum Gasteiger partial charge on any atom is -0.490 e. The van der Waals surface area contributed by atoms with Gasteiger partial charge in [-0.15, -0.1) is 0 Å². The van der Waals surface area contributed by atoms with Crippen molar-refractivity contribution in [1.29, 1.82) is 0 Å². The number of Topliss-reactive ketones (excluding diaryl/α,β-unsaturated/α-hetero) is 1. The van der Waals surface area contributed by atoms with E-state index in [-0.39, 0.29) is 23.1 Å². The van der Waals surface area contributed by atoms with Crippen LogP contribution in [-0.2, 0) is 0 Å². The molecule has 5 nitrogen and oxygen atoms in total.